The minimum absolute atomic E-state index is 0.0606. The maximum atomic E-state index is 13.3. The summed E-state index contributed by atoms with van der Waals surface area (Å²) in [6.45, 7) is 2.96. The monoisotopic (exact) mass is 418 g/mol. The minimum atomic E-state index is -0.254. The van der Waals surface area contributed by atoms with Gasteiger partial charge < -0.3 is 19.6 Å². The number of halogens is 1. The molecule has 0 unspecified atom stereocenters. The summed E-state index contributed by atoms with van der Waals surface area (Å²) < 4.78 is 18.9. The van der Waals surface area contributed by atoms with E-state index in [1.807, 2.05) is 21.9 Å². The third-order valence-corrected chi connectivity index (χ3v) is 7.00. The van der Waals surface area contributed by atoms with E-state index in [9.17, 15) is 19.1 Å². The molecule has 1 aromatic carbocycles. The van der Waals surface area contributed by atoms with Crippen molar-refractivity contribution >= 4 is 11.8 Å². The van der Waals surface area contributed by atoms with Crippen LogP contribution in [0.25, 0.3) is 0 Å². The lowest BCUT2D eigenvalue weighted by Gasteiger charge is -2.43. The van der Waals surface area contributed by atoms with E-state index in [-0.39, 0.29) is 48.8 Å². The van der Waals surface area contributed by atoms with Gasteiger partial charge in [-0.15, -0.1) is 0 Å². The Bertz CT molecular complexity index is 748. The Morgan fingerprint density at radius 2 is 1.83 bits per heavy atom. The fraction of sp³-hybridized carbons (Fsp3) is 0.652. The fourth-order valence-electron chi connectivity index (χ4n) is 5.37. The zero-order valence-electron chi connectivity index (χ0n) is 17.3. The van der Waals surface area contributed by atoms with E-state index in [1.54, 1.807) is 0 Å². The van der Waals surface area contributed by atoms with E-state index in [4.69, 9.17) is 4.74 Å². The van der Waals surface area contributed by atoms with Gasteiger partial charge in [0.05, 0.1) is 6.10 Å². The normalized spacial score (nSPS) is 26.4. The highest BCUT2D eigenvalue weighted by Gasteiger charge is 2.38. The van der Waals surface area contributed by atoms with Crippen LogP contribution in [0.2, 0.25) is 0 Å². The number of ketones is 1. The number of fused-ring (bicyclic) bond motifs is 1. The van der Waals surface area contributed by atoms with Gasteiger partial charge in [-0.05, 0) is 55.2 Å². The highest BCUT2D eigenvalue weighted by molar-refractivity contribution is 5.81. The summed E-state index contributed by atoms with van der Waals surface area (Å²) in [6.07, 6.45) is 3.80. The molecular weight excluding hydrogens is 387 g/mol. The predicted octanol–water partition coefficient (Wildman–Crippen LogP) is 2.80. The highest BCUT2D eigenvalue weighted by Crippen LogP contribution is 2.36. The molecule has 3 atom stereocenters. The number of benzene rings is 1. The van der Waals surface area contributed by atoms with Crippen LogP contribution in [0.5, 0.6) is 0 Å². The van der Waals surface area contributed by atoms with Crippen LogP contribution in [-0.2, 0) is 9.53 Å². The standard InChI is InChI=1S/C23H31FN2O4/c24-19-3-1-16(2-4-19)21(8-12-27)17-5-9-25(10-6-17)23(29)26-11-7-22-18(14-26)13-20(28)15-30-22/h1-4,17-18,21-22,27H,5-15H2/t18-,21+,22+/m1/s1. The number of hydrogen-bond donors (Lipinski definition) is 1. The van der Waals surface area contributed by atoms with Gasteiger partial charge in [0.2, 0.25) is 0 Å². The zero-order valence-corrected chi connectivity index (χ0v) is 17.3. The number of rotatable bonds is 4. The molecule has 0 spiro atoms. The second-order valence-corrected chi connectivity index (χ2v) is 8.86. The van der Waals surface area contributed by atoms with Gasteiger partial charge in [-0.25, -0.2) is 9.18 Å². The van der Waals surface area contributed by atoms with Crippen molar-refractivity contribution in [2.75, 3.05) is 39.4 Å². The van der Waals surface area contributed by atoms with Crippen LogP contribution >= 0.6 is 0 Å². The number of piperidine rings is 2. The lowest BCUT2D eigenvalue weighted by Crippen LogP contribution is -2.54. The second kappa shape index (κ2) is 9.43. The maximum absolute atomic E-state index is 13.3. The van der Waals surface area contributed by atoms with Gasteiger partial charge in [0, 0.05) is 45.1 Å². The highest BCUT2D eigenvalue weighted by atomic mass is 19.1. The molecule has 0 aliphatic carbocycles. The number of likely N-dealkylation sites (tertiary alicyclic amines) is 2. The van der Waals surface area contributed by atoms with Gasteiger partial charge in [-0.3, -0.25) is 4.79 Å². The van der Waals surface area contributed by atoms with E-state index in [0.29, 0.717) is 44.9 Å². The van der Waals surface area contributed by atoms with Crippen molar-refractivity contribution in [3.05, 3.63) is 35.6 Å². The number of Topliss-reactive ketones (excluding diaryl/α,β-unsaturated/α-hetero) is 1. The number of amides is 2. The summed E-state index contributed by atoms with van der Waals surface area (Å²) in [7, 11) is 0. The van der Waals surface area contributed by atoms with Gasteiger partial charge >= 0.3 is 6.03 Å². The molecule has 7 heteroatoms. The fourth-order valence-corrected chi connectivity index (χ4v) is 5.37. The van der Waals surface area contributed by atoms with Crippen molar-refractivity contribution < 1.29 is 23.8 Å². The van der Waals surface area contributed by atoms with Gasteiger partial charge in [0.1, 0.15) is 12.4 Å². The van der Waals surface area contributed by atoms with Gasteiger partial charge in [-0.1, -0.05) is 12.1 Å². The number of urea groups is 1. The molecule has 3 aliphatic heterocycles. The lowest BCUT2D eigenvalue weighted by atomic mass is 9.78. The number of hydrogen-bond acceptors (Lipinski definition) is 4. The second-order valence-electron chi connectivity index (χ2n) is 8.86. The van der Waals surface area contributed by atoms with Crippen molar-refractivity contribution in [1.29, 1.82) is 0 Å². The molecule has 0 aromatic heterocycles. The van der Waals surface area contributed by atoms with E-state index in [0.717, 1.165) is 24.8 Å². The minimum Gasteiger partial charge on any atom is -0.396 e. The summed E-state index contributed by atoms with van der Waals surface area (Å²) in [5.74, 6) is 0.530. The molecule has 30 heavy (non-hydrogen) atoms. The summed E-state index contributed by atoms with van der Waals surface area (Å²) in [5.41, 5.74) is 1.05. The molecule has 4 rings (SSSR count). The Hall–Kier alpha value is -1.99. The maximum Gasteiger partial charge on any atom is 0.320 e. The van der Waals surface area contributed by atoms with Crippen molar-refractivity contribution in [1.82, 2.24) is 9.80 Å². The third-order valence-electron chi connectivity index (χ3n) is 7.00. The van der Waals surface area contributed by atoms with Gasteiger partial charge in [-0.2, -0.15) is 0 Å². The largest absolute Gasteiger partial charge is 0.396 e. The first-order valence-corrected chi connectivity index (χ1v) is 11.1. The quantitative estimate of drug-likeness (QED) is 0.816. The van der Waals surface area contributed by atoms with Crippen molar-refractivity contribution in [3.63, 3.8) is 0 Å². The van der Waals surface area contributed by atoms with Crippen molar-refractivity contribution in [2.24, 2.45) is 11.8 Å². The number of carbonyl (C=O) groups is 2. The van der Waals surface area contributed by atoms with Crippen LogP contribution < -0.4 is 0 Å². The molecule has 1 N–H and O–H groups in total. The summed E-state index contributed by atoms with van der Waals surface area (Å²) in [5, 5.41) is 9.53. The van der Waals surface area contributed by atoms with E-state index < -0.39 is 0 Å². The predicted molar refractivity (Wildman–Crippen MR) is 110 cm³/mol. The van der Waals surface area contributed by atoms with Crippen LogP contribution in [0.1, 0.15) is 43.6 Å². The third kappa shape index (κ3) is 4.67. The van der Waals surface area contributed by atoms with Crippen LogP contribution in [-0.4, -0.2) is 72.2 Å². The molecule has 0 bridgehead atoms. The molecule has 2 amide bonds. The Balaban J connectivity index is 1.33. The van der Waals surface area contributed by atoms with Crippen molar-refractivity contribution in [2.45, 2.75) is 44.1 Å². The van der Waals surface area contributed by atoms with E-state index in [2.05, 4.69) is 0 Å². The lowest BCUT2D eigenvalue weighted by molar-refractivity contribution is -0.140. The van der Waals surface area contributed by atoms with Crippen molar-refractivity contribution in [3.8, 4) is 0 Å². The number of ether oxygens (including phenoxy) is 1. The van der Waals surface area contributed by atoms with E-state index >= 15 is 0 Å². The summed E-state index contributed by atoms with van der Waals surface area (Å²) >= 11 is 0. The van der Waals surface area contributed by atoms with Gasteiger partial charge in [0.25, 0.3) is 0 Å². The molecule has 1 aromatic rings. The van der Waals surface area contributed by atoms with Crippen LogP contribution in [0, 0.1) is 17.7 Å². The molecule has 164 valence electrons. The molecule has 6 nitrogen and oxygen atoms in total. The van der Waals surface area contributed by atoms with Crippen LogP contribution in [0.4, 0.5) is 9.18 Å². The molecule has 3 heterocycles. The van der Waals surface area contributed by atoms with Crippen LogP contribution in [0.3, 0.4) is 0 Å². The molecule has 0 saturated carbocycles. The molecule has 3 saturated heterocycles. The number of nitrogens with zero attached hydrogens (tertiary/aromatic N) is 2. The molecule has 3 fully saturated rings. The number of aliphatic hydroxyl groups is 1. The summed E-state index contributed by atoms with van der Waals surface area (Å²) in [6, 6.07) is 6.63. The number of aliphatic hydroxyl groups excluding tert-OH is 1. The average Bonchev–Trinajstić information content (AvgIpc) is 2.77. The first-order chi connectivity index (χ1) is 14.5. The SMILES string of the molecule is O=C1CO[C@H]2CCN(C(=O)N3CCC([C@@H](CCO)c4ccc(F)cc4)CC3)C[C@H]2C1. The first-order valence-electron chi connectivity index (χ1n) is 11.1. The zero-order chi connectivity index (χ0) is 21.1. The molecular formula is C23H31FN2O4. The Morgan fingerprint density at radius 1 is 1.13 bits per heavy atom. The average molecular weight is 419 g/mol. The summed E-state index contributed by atoms with van der Waals surface area (Å²) in [4.78, 5) is 28.6. The Morgan fingerprint density at radius 3 is 2.53 bits per heavy atom. The van der Waals surface area contributed by atoms with Gasteiger partial charge in [0.15, 0.2) is 5.78 Å². The Kier molecular flexibility index (Phi) is 6.68. The smallest absolute Gasteiger partial charge is 0.320 e. The molecule has 0 radical (unpaired) electrons. The van der Waals surface area contributed by atoms with Crippen LogP contribution in [0.15, 0.2) is 24.3 Å². The molecule has 3 aliphatic rings. The van der Waals surface area contributed by atoms with E-state index in [1.165, 1.54) is 12.1 Å². The first kappa shape index (κ1) is 21.2. The Labute approximate surface area is 177 Å². The number of carbonyl (C=O) groups excluding carboxylic acids is 2. The topological polar surface area (TPSA) is 70.1 Å².